The van der Waals surface area contributed by atoms with E-state index in [0.717, 1.165) is 6.08 Å². The van der Waals surface area contributed by atoms with Crippen molar-refractivity contribution in [3.8, 4) is 0 Å². The van der Waals surface area contributed by atoms with Gasteiger partial charge in [0.1, 0.15) is 17.5 Å². The Hall–Kier alpha value is -1.56. The third-order valence-corrected chi connectivity index (χ3v) is 4.43. The van der Waals surface area contributed by atoms with E-state index in [0.29, 0.717) is 0 Å². The van der Waals surface area contributed by atoms with Gasteiger partial charge in [0, 0.05) is 5.56 Å². The number of halogens is 5. The van der Waals surface area contributed by atoms with Crippen molar-refractivity contribution in [2.45, 2.75) is 26.6 Å². The van der Waals surface area contributed by atoms with Crippen LogP contribution in [0.15, 0.2) is 35.4 Å². The van der Waals surface area contributed by atoms with Crippen LogP contribution in [-0.4, -0.2) is 12.1 Å². The van der Waals surface area contributed by atoms with E-state index in [2.05, 4.69) is 0 Å². The highest BCUT2D eigenvalue weighted by atomic mass is 35.5. The van der Waals surface area contributed by atoms with Gasteiger partial charge in [0.15, 0.2) is 0 Å². The van der Waals surface area contributed by atoms with Crippen molar-refractivity contribution in [2.24, 2.45) is 17.3 Å². The number of carbonyl (C=O) groups is 1. The number of esters is 1. The summed E-state index contributed by atoms with van der Waals surface area (Å²) in [4.78, 5) is 12.0. The molecule has 0 heterocycles. The van der Waals surface area contributed by atoms with Crippen LogP contribution in [0.5, 0.6) is 0 Å². The average Bonchev–Trinajstić information content (AvgIpc) is 2.97. The number of ether oxygens (including phenoxy) is 1. The number of carbonyl (C=O) groups excluding carboxylic acids is 1. The van der Waals surface area contributed by atoms with Crippen LogP contribution in [-0.2, 0) is 16.1 Å². The van der Waals surface area contributed by atoms with Crippen molar-refractivity contribution in [3.63, 3.8) is 0 Å². The number of hydrogen-bond donors (Lipinski definition) is 0. The molecule has 126 valence electrons. The minimum absolute atomic E-state index is 0.208. The van der Waals surface area contributed by atoms with Crippen LogP contribution >= 0.6 is 11.6 Å². The van der Waals surface area contributed by atoms with Crippen molar-refractivity contribution in [1.82, 2.24) is 0 Å². The van der Waals surface area contributed by atoms with Gasteiger partial charge in [-0.1, -0.05) is 49.7 Å². The lowest BCUT2D eigenvalue weighted by atomic mass is 10.1. The molecule has 1 saturated carbocycles. The van der Waals surface area contributed by atoms with Crippen LogP contribution in [0.3, 0.4) is 0 Å². The maximum Gasteiger partial charge on any atom is 0.426 e. The summed E-state index contributed by atoms with van der Waals surface area (Å²) in [5.41, 5.74) is -0.475. The van der Waals surface area contributed by atoms with Gasteiger partial charge >= 0.3 is 12.1 Å². The van der Waals surface area contributed by atoms with E-state index in [1.54, 1.807) is 19.9 Å². The molecule has 0 spiro atoms. The zero-order chi connectivity index (χ0) is 17.4. The quantitative estimate of drug-likeness (QED) is 0.574. The molecule has 1 aliphatic carbocycles. The summed E-state index contributed by atoms with van der Waals surface area (Å²) in [5, 5.41) is -1.25. The van der Waals surface area contributed by atoms with E-state index < -0.39 is 40.2 Å². The van der Waals surface area contributed by atoms with Crippen LogP contribution in [0, 0.1) is 23.1 Å². The van der Waals surface area contributed by atoms with Crippen molar-refractivity contribution in [2.75, 3.05) is 0 Å². The first kappa shape index (κ1) is 17.8. The van der Waals surface area contributed by atoms with E-state index in [9.17, 15) is 22.4 Å². The van der Waals surface area contributed by atoms with Crippen molar-refractivity contribution < 1.29 is 27.1 Å². The van der Waals surface area contributed by atoms with Crippen LogP contribution in [0.2, 0.25) is 0 Å². The largest absolute Gasteiger partial charge is 0.460 e. The summed E-state index contributed by atoms with van der Waals surface area (Å²) in [6.07, 6.45) is -3.79. The lowest BCUT2D eigenvalue weighted by Gasteiger charge is -2.06. The van der Waals surface area contributed by atoms with Crippen molar-refractivity contribution in [3.05, 3.63) is 46.8 Å². The summed E-state index contributed by atoms with van der Waals surface area (Å²) in [7, 11) is 0. The van der Waals surface area contributed by atoms with E-state index in [-0.39, 0.29) is 12.2 Å². The number of allylic oxidation sites excluding steroid dienone is 2. The van der Waals surface area contributed by atoms with Gasteiger partial charge in [-0.3, -0.25) is 4.79 Å². The molecular formula is C16H15ClF4O2. The van der Waals surface area contributed by atoms with Gasteiger partial charge in [0.25, 0.3) is 0 Å². The molecule has 1 aromatic rings. The predicted molar refractivity (Wildman–Crippen MR) is 76.9 cm³/mol. The first-order valence-corrected chi connectivity index (χ1v) is 7.27. The van der Waals surface area contributed by atoms with Crippen LogP contribution in [0.4, 0.5) is 17.6 Å². The standard InChI is InChI=1S/C16H15ClF4O2/c1-15(2)10(7-12(17)16(19,20)21)13(15)14(22)23-8-9-5-3-4-6-11(9)18/h3-7,10,13H,8H2,1-2H3/t10-,13-/m1/s1. The molecule has 2 rings (SSSR count). The Labute approximate surface area is 136 Å². The van der Waals surface area contributed by atoms with Gasteiger partial charge in [-0.05, 0) is 17.4 Å². The highest BCUT2D eigenvalue weighted by Gasteiger charge is 2.62. The van der Waals surface area contributed by atoms with Gasteiger partial charge in [-0.2, -0.15) is 13.2 Å². The fraction of sp³-hybridized carbons (Fsp3) is 0.438. The maximum absolute atomic E-state index is 13.4. The fourth-order valence-corrected chi connectivity index (χ4v) is 2.68. The highest BCUT2D eigenvalue weighted by Crippen LogP contribution is 2.60. The fourth-order valence-electron chi connectivity index (χ4n) is 2.55. The summed E-state index contributed by atoms with van der Waals surface area (Å²) in [6, 6.07) is 5.81. The third-order valence-electron chi connectivity index (χ3n) is 4.09. The van der Waals surface area contributed by atoms with E-state index in [1.165, 1.54) is 18.2 Å². The van der Waals surface area contributed by atoms with Gasteiger partial charge in [-0.15, -0.1) is 0 Å². The summed E-state index contributed by atoms with van der Waals surface area (Å²) < 4.78 is 55.9. The van der Waals surface area contributed by atoms with Crippen LogP contribution in [0.1, 0.15) is 19.4 Å². The molecule has 0 N–H and O–H groups in total. The second kappa shape index (κ2) is 6.15. The van der Waals surface area contributed by atoms with Crippen molar-refractivity contribution in [1.29, 1.82) is 0 Å². The Balaban J connectivity index is 2.02. The molecule has 0 saturated heterocycles. The third kappa shape index (κ3) is 3.86. The number of rotatable bonds is 4. The lowest BCUT2D eigenvalue weighted by Crippen LogP contribution is -2.11. The molecule has 0 unspecified atom stereocenters. The first-order valence-electron chi connectivity index (χ1n) is 6.89. The van der Waals surface area contributed by atoms with Gasteiger partial charge in [0.2, 0.25) is 0 Å². The topological polar surface area (TPSA) is 26.3 Å². The Morgan fingerprint density at radius 3 is 2.52 bits per heavy atom. The zero-order valence-electron chi connectivity index (χ0n) is 12.5. The monoisotopic (exact) mass is 350 g/mol. The Bertz CT molecular complexity index is 637. The maximum atomic E-state index is 13.4. The lowest BCUT2D eigenvalue weighted by molar-refractivity contribution is -0.147. The second-order valence-electron chi connectivity index (χ2n) is 6.04. The molecule has 7 heteroatoms. The van der Waals surface area contributed by atoms with Crippen molar-refractivity contribution >= 4 is 17.6 Å². The second-order valence-corrected chi connectivity index (χ2v) is 6.44. The molecule has 0 aliphatic heterocycles. The van der Waals surface area contributed by atoms with Crippen LogP contribution < -0.4 is 0 Å². The molecular weight excluding hydrogens is 336 g/mol. The normalized spacial score (nSPS) is 23.5. The smallest absolute Gasteiger partial charge is 0.426 e. The molecule has 2 nitrogen and oxygen atoms in total. The molecule has 0 radical (unpaired) electrons. The summed E-state index contributed by atoms with van der Waals surface area (Å²) >= 11 is 5.22. The van der Waals surface area contributed by atoms with E-state index in [1.807, 2.05) is 0 Å². The molecule has 0 bridgehead atoms. The molecule has 1 fully saturated rings. The van der Waals surface area contributed by atoms with Gasteiger partial charge in [-0.25, -0.2) is 4.39 Å². The minimum atomic E-state index is -4.64. The number of hydrogen-bond acceptors (Lipinski definition) is 2. The van der Waals surface area contributed by atoms with Crippen LogP contribution in [0.25, 0.3) is 0 Å². The summed E-state index contributed by atoms with van der Waals surface area (Å²) in [6.45, 7) is 3.05. The Morgan fingerprint density at radius 2 is 1.96 bits per heavy atom. The number of benzene rings is 1. The zero-order valence-corrected chi connectivity index (χ0v) is 13.2. The molecule has 1 aliphatic rings. The van der Waals surface area contributed by atoms with Gasteiger partial charge in [0.05, 0.1) is 5.92 Å². The highest BCUT2D eigenvalue weighted by molar-refractivity contribution is 6.30. The minimum Gasteiger partial charge on any atom is -0.460 e. The molecule has 0 amide bonds. The first-order chi connectivity index (χ1) is 10.5. The summed E-state index contributed by atoms with van der Waals surface area (Å²) in [5.74, 6) is -2.56. The average molecular weight is 351 g/mol. The van der Waals surface area contributed by atoms with Gasteiger partial charge < -0.3 is 4.74 Å². The SMILES string of the molecule is CC1(C)[C@H](C=C(Cl)C(F)(F)F)[C@@H]1C(=O)OCc1ccccc1F. The Morgan fingerprint density at radius 1 is 1.35 bits per heavy atom. The molecule has 0 aromatic heterocycles. The molecule has 1 aromatic carbocycles. The Kier molecular flexibility index (Phi) is 4.76. The number of alkyl halides is 3. The molecule has 23 heavy (non-hydrogen) atoms. The van der Waals surface area contributed by atoms with E-state index >= 15 is 0 Å². The van der Waals surface area contributed by atoms with E-state index in [4.69, 9.17) is 16.3 Å². The molecule has 2 atom stereocenters. The predicted octanol–water partition coefficient (Wildman–Crippen LogP) is 4.83.